The molecule has 0 radical (unpaired) electrons. The summed E-state index contributed by atoms with van der Waals surface area (Å²) in [6, 6.07) is 6.25. The number of benzene rings is 1. The summed E-state index contributed by atoms with van der Waals surface area (Å²) in [6.07, 6.45) is 0. The first-order chi connectivity index (χ1) is 7.08. The maximum atomic E-state index is 5.26. The van der Waals surface area contributed by atoms with E-state index in [9.17, 15) is 0 Å². The van der Waals surface area contributed by atoms with Gasteiger partial charge in [0.25, 0.3) is 0 Å². The zero-order valence-electron chi connectivity index (χ0n) is 8.38. The summed E-state index contributed by atoms with van der Waals surface area (Å²) in [5, 5.41) is 0. The largest absolute Gasteiger partial charge is 0.331 e. The minimum Gasteiger partial charge on any atom is -0.331 e. The Morgan fingerprint density at radius 1 is 1.60 bits per heavy atom. The first-order valence-electron chi connectivity index (χ1n) is 4.60. The normalized spacial score (nSPS) is 10.8. The van der Waals surface area contributed by atoms with Gasteiger partial charge in [-0.15, -0.1) is 0 Å². The van der Waals surface area contributed by atoms with Crippen molar-refractivity contribution in [2.45, 2.75) is 13.5 Å². The number of halogens is 1. The molecule has 2 rings (SSSR count). The number of imidazole rings is 1. The van der Waals surface area contributed by atoms with Gasteiger partial charge in [0, 0.05) is 4.48 Å². The van der Waals surface area contributed by atoms with Crippen LogP contribution in [0.15, 0.2) is 29.3 Å². The van der Waals surface area contributed by atoms with E-state index < -0.39 is 0 Å². The zero-order valence-corrected chi connectivity index (χ0v) is 10.8. The van der Waals surface area contributed by atoms with Gasteiger partial charge in [-0.25, -0.2) is 0 Å². The van der Waals surface area contributed by atoms with Gasteiger partial charge in [0.05, 0.1) is 17.6 Å². The van der Waals surface area contributed by atoms with Gasteiger partial charge in [0.2, 0.25) is 0 Å². The quantitative estimate of drug-likeness (QED) is 0.828. The van der Waals surface area contributed by atoms with Crippen molar-refractivity contribution in [2.75, 3.05) is 0 Å². The van der Waals surface area contributed by atoms with Gasteiger partial charge < -0.3 is 9.55 Å². The Hall–Kier alpha value is -0.870. The maximum absolute atomic E-state index is 5.26. The molecule has 15 heavy (non-hydrogen) atoms. The molecule has 4 heteroatoms. The molecule has 78 valence electrons. The number of aryl methyl sites for hydroxylation is 1. The Balaban J connectivity index is 2.68. The predicted octanol–water partition coefficient (Wildman–Crippen LogP) is 3.92. The van der Waals surface area contributed by atoms with E-state index in [0.717, 1.165) is 20.3 Å². The molecule has 0 saturated carbocycles. The molecule has 1 N–H and O–H groups in total. The molecule has 0 spiro atoms. The van der Waals surface area contributed by atoms with Gasteiger partial charge in [0.15, 0.2) is 4.77 Å². The average Bonchev–Trinajstić information content (AvgIpc) is 2.41. The topological polar surface area (TPSA) is 20.7 Å². The Morgan fingerprint density at radius 2 is 2.33 bits per heavy atom. The first kappa shape index (κ1) is 10.6. The highest BCUT2D eigenvalue weighted by Gasteiger charge is 2.04. The molecular weight excluding hydrogens is 272 g/mol. The number of hydrogen-bond donors (Lipinski definition) is 1. The van der Waals surface area contributed by atoms with E-state index in [4.69, 9.17) is 12.2 Å². The number of H-pyrrole nitrogens is 1. The molecule has 0 unspecified atom stereocenters. The third-order valence-corrected chi connectivity index (χ3v) is 2.83. The van der Waals surface area contributed by atoms with E-state index in [1.165, 1.54) is 5.56 Å². The van der Waals surface area contributed by atoms with Crippen molar-refractivity contribution in [1.82, 2.24) is 9.55 Å². The summed E-state index contributed by atoms with van der Waals surface area (Å²) < 4.78 is 3.68. The van der Waals surface area contributed by atoms with E-state index in [0.29, 0.717) is 6.54 Å². The molecule has 1 heterocycles. The fraction of sp³-hybridized carbons (Fsp3) is 0.182. The van der Waals surface area contributed by atoms with Gasteiger partial charge in [-0.2, -0.15) is 0 Å². The number of nitrogens with one attached hydrogen (secondary N) is 1. The maximum Gasteiger partial charge on any atom is 0.178 e. The third-order valence-electron chi connectivity index (χ3n) is 2.26. The van der Waals surface area contributed by atoms with Crippen LogP contribution in [-0.2, 0) is 6.54 Å². The number of fused-ring (bicyclic) bond motifs is 1. The Labute approximate surface area is 102 Å². The number of aromatic nitrogens is 2. The fourth-order valence-corrected chi connectivity index (χ4v) is 2.13. The van der Waals surface area contributed by atoms with Crippen LogP contribution in [-0.4, -0.2) is 9.55 Å². The van der Waals surface area contributed by atoms with Crippen LogP contribution >= 0.6 is 28.1 Å². The predicted molar refractivity (Wildman–Crippen MR) is 69.9 cm³/mol. The molecule has 0 saturated heterocycles. The standard InChI is InChI=1S/C11H11BrN2S/c1-7-3-4-10-9(5-7)13-11(15)14(10)6-8(2)12/h3-5H,2,6H2,1H3,(H,13,15). The van der Waals surface area contributed by atoms with E-state index in [1.54, 1.807) is 0 Å². The number of nitrogens with zero attached hydrogens (tertiary/aromatic N) is 1. The summed E-state index contributed by atoms with van der Waals surface area (Å²) >= 11 is 8.61. The van der Waals surface area contributed by atoms with Crippen LogP contribution in [0, 0.1) is 11.7 Å². The van der Waals surface area contributed by atoms with Crippen LogP contribution < -0.4 is 0 Å². The molecule has 0 aliphatic carbocycles. The van der Waals surface area contributed by atoms with Crippen molar-refractivity contribution in [3.8, 4) is 0 Å². The third kappa shape index (κ3) is 2.06. The highest BCUT2D eigenvalue weighted by Crippen LogP contribution is 2.18. The number of hydrogen-bond acceptors (Lipinski definition) is 1. The van der Waals surface area contributed by atoms with E-state index >= 15 is 0 Å². The van der Waals surface area contributed by atoms with Crippen molar-refractivity contribution >= 4 is 39.2 Å². The molecule has 1 aromatic carbocycles. The van der Waals surface area contributed by atoms with Gasteiger partial charge in [-0.1, -0.05) is 28.6 Å². The number of allylic oxidation sites excluding steroid dienone is 1. The highest BCUT2D eigenvalue weighted by molar-refractivity contribution is 9.11. The monoisotopic (exact) mass is 282 g/mol. The Bertz CT molecular complexity index is 580. The van der Waals surface area contributed by atoms with E-state index in [-0.39, 0.29) is 0 Å². The molecule has 2 aromatic rings. The summed E-state index contributed by atoms with van der Waals surface area (Å²) in [5.74, 6) is 0. The van der Waals surface area contributed by atoms with Gasteiger partial charge in [-0.05, 0) is 36.8 Å². The van der Waals surface area contributed by atoms with Gasteiger partial charge >= 0.3 is 0 Å². The second-order valence-corrected chi connectivity index (χ2v) is 5.06. The number of rotatable bonds is 2. The van der Waals surface area contributed by atoms with Gasteiger partial charge in [-0.3, -0.25) is 0 Å². The first-order valence-corrected chi connectivity index (χ1v) is 5.80. The van der Waals surface area contributed by atoms with Crippen molar-refractivity contribution in [1.29, 1.82) is 0 Å². The van der Waals surface area contributed by atoms with Crippen LogP contribution in [0.2, 0.25) is 0 Å². The second-order valence-electron chi connectivity index (χ2n) is 3.55. The molecule has 0 aliphatic heterocycles. The van der Waals surface area contributed by atoms with Crippen LogP contribution in [0.25, 0.3) is 11.0 Å². The van der Waals surface area contributed by atoms with Gasteiger partial charge in [0.1, 0.15) is 0 Å². The fourth-order valence-electron chi connectivity index (χ4n) is 1.61. The molecule has 0 aliphatic rings. The summed E-state index contributed by atoms with van der Waals surface area (Å²) in [5.41, 5.74) is 3.42. The summed E-state index contributed by atoms with van der Waals surface area (Å²) in [7, 11) is 0. The molecule has 0 atom stereocenters. The SMILES string of the molecule is C=C(Br)Cn1c(=S)[nH]c2cc(C)ccc21. The Morgan fingerprint density at radius 3 is 3.00 bits per heavy atom. The number of aromatic amines is 1. The van der Waals surface area contributed by atoms with Crippen molar-refractivity contribution in [3.05, 3.63) is 39.6 Å². The Kier molecular flexibility index (Phi) is 2.80. The van der Waals surface area contributed by atoms with Crippen molar-refractivity contribution < 1.29 is 0 Å². The lowest BCUT2D eigenvalue weighted by atomic mass is 10.2. The lowest BCUT2D eigenvalue weighted by molar-refractivity contribution is 0.829. The molecule has 2 nitrogen and oxygen atoms in total. The minimum atomic E-state index is 0.696. The van der Waals surface area contributed by atoms with Crippen LogP contribution in [0.4, 0.5) is 0 Å². The molecule has 0 amide bonds. The highest BCUT2D eigenvalue weighted by atomic mass is 79.9. The summed E-state index contributed by atoms with van der Waals surface area (Å²) in [4.78, 5) is 3.19. The summed E-state index contributed by atoms with van der Waals surface area (Å²) in [6.45, 7) is 6.59. The van der Waals surface area contributed by atoms with Crippen LogP contribution in [0.3, 0.4) is 0 Å². The van der Waals surface area contributed by atoms with Crippen LogP contribution in [0.1, 0.15) is 5.56 Å². The average molecular weight is 283 g/mol. The second kappa shape index (κ2) is 3.94. The lowest BCUT2D eigenvalue weighted by Crippen LogP contribution is -1.96. The van der Waals surface area contributed by atoms with Crippen molar-refractivity contribution in [2.24, 2.45) is 0 Å². The molecular formula is C11H11BrN2S. The zero-order chi connectivity index (χ0) is 11.0. The smallest absolute Gasteiger partial charge is 0.178 e. The minimum absolute atomic E-state index is 0.696. The molecule has 0 fully saturated rings. The molecule has 0 bridgehead atoms. The van der Waals surface area contributed by atoms with Crippen molar-refractivity contribution in [3.63, 3.8) is 0 Å². The van der Waals surface area contributed by atoms with E-state index in [1.807, 2.05) is 4.57 Å². The van der Waals surface area contributed by atoms with E-state index in [2.05, 4.69) is 52.6 Å². The molecule has 1 aromatic heterocycles. The lowest BCUT2D eigenvalue weighted by Gasteiger charge is -2.02. The van der Waals surface area contributed by atoms with Crippen LogP contribution in [0.5, 0.6) is 0 Å².